The van der Waals surface area contributed by atoms with E-state index in [9.17, 15) is 13.2 Å². The van der Waals surface area contributed by atoms with Gasteiger partial charge in [-0.3, -0.25) is 9.10 Å². The van der Waals surface area contributed by atoms with E-state index >= 15 is 0 Å². The zero-order chi connectivity index (χ0) is 13.9. The van der Waals surface area contributed by atoms with Crippen molar-refractivity contribution in [3.63, 3.8) is 0 Å². The molecule has 0 unspecified atom stereocenters. The second-order valence-corrected chi connectivity index (χ2v) is 6.11. The number of anilines is 1. The van der Waals surface area contributed by atoms with Crippen LogP contribution in [0.2, 0.25) is 10.0 Å². The third-order valence-electron chi connectivity index (χ3n) is 2.10. The molecular weight excluding hydrogens is 301 g/mol. The highest BCUT2D eigenvalue weighted by Gasteiger charge is 2.24. The molecular formula is C10H11Cl2NO4S. The molecule has 1 rings (SSSR count). The second kappa shape index (κ2) is 5.77. The van der Waals surface area contributed by atoms with Crippen molar-refractivity contribution in [3.05, 3.63) is 28.2 Å². The van der Waals surface area contributed by atoms with Gasteiger partial charge in [0.15, 0.2) is 0 Å². The number of esters is 1. The summed E-state index contributed by atoms with van der Waals surface area (Å²) in [5.41, 5.74) is 0.136. The molecule has 0 saturated heterocycles. The summed E-state index contributed by atoms with van der Waals surface area (Å²) in [7, 11) is -2.50. The summed E-state index contributed by atoms with van der Waals surface area (Å²) in [5, 5.41) is 0.265. The van der Waals surface area contributed by atoms with E-state index in [0.29, 0.717) is 0 Å². The van der Waals surface area contributed by atoms with Crippen molar-refractivity contribution in [2.75, 3.05) is 24.2 Å². The van der Waals surface area contributed by atoms with Gasteiger partial charge in [0.2, 0.25) is 10.0 Å². The monoisotopic (exact) mass is 311 g/mol. The molecule has 0 bridgehead atoms. The van der Waals surface area contributed by atoms with Gasteiger partial charge in [0, 0.05) is 0 Å². The summed E-state index contributed by atoms with van der Waals surface area (Å²) in [5.74, 6) is -0.698. The first kappa shape index (κ1) is 15.1. The van der Waals surface area contributed by atoms with Crippen LogP contribution in [0.15, 0.2) is 18.2 Å². The number of halogens is 2. The predicted molar refractivity (Wildman–Crippen MR) is 70.7 cm³/mol. The van der Waals surface area contributed by atoms with E-state index in [1.807, 2.05) is 0 Å². The molecule has 5 nitrogen and oxygen atoms in total. The molecule has 0 N–H and O–H groups in total. The third-order valence-corrected chi connectivity index (χ3v) is 4.04. The maximum absolute atomic E-state index is 11.7. The first-order chi connectivity index (χ1) is 8.27. The van der Waals surface area contributed by atoms with E-state index in [2.05, 4.69) is 4.74 Å². The number of sulfonamides is 1. The first-order valence-electron chi connectivity index (χ1n) is 4.76. The number of nitrogens with zero attached hydrogens (tertiary/aromatic N) is 1. The second-order valence-electron chi connectivity index (χ2n) is 3.42. The summed E-state index contributed by atoms with van der Waals surface area (Å²) in [6.45, 7) is -0.463. The number of carbonyl (C=O) groups excluding carboxylic acids is 1. The molecule has 0 aliphatic rings. The van der Waals surface area contributed by atoms with E-state index in [1.54, 1.807) is 6.07 Å². The van der Waals surface area contributed by atoms with Crippen LogP contribution >= 0.6 is 23.2 Å². The van der Waals surface area contributed by atoms with Gasteiger partial charge in [-0.2, -0.15) is 0 Å². The van der Waals surface area contributed by atoms with Crippen molar-refractivity contribution in [1.29, 1.82) is 0 Å². The fourth-order valence-corrected chi connectivity index (χ4v) is 2.54. The Morgan fingerprint density at radius 1 is 1.39 bits per heavy atom. The molecule has 0 heterocycles. The van der Waals surface area contributed by atoms with Gasteiger partial charge < -0.3 is 4.74 Å². The fourth-order valence-electron chi connectivity index (χ4n) is 1.25. The van der Waals surface area contributed by atoms with E-state index in [1.165, 1.54) is 19.2 Å². The lowest BCUT2D eigenvalue weighted by Gasteiger charge is -2.22. The lowest BCUT2D eigenvalue weighted by molar-refractivity contribution is -0.138. The molecule has 1 aromatic rings. The van der Waals surface area contributed by atoms with Gasteiger partial charge in [-0.15, -0.1) is 0 Å². The number of hydrogen-bond donors (Lipinski definition) is 0. The van der Waals surface area contributed by atoms with Crippen molar-refractivity contribution >= 4 is 44.9 Å². The fraction of sp³-hybridized carbons (Fsp3) is 0.300. The third kappa shape index (κ3) is 3.51. The van der Waals surface area contributed by atoms with Crippen LogP contribution in [0, 0.1) is 0 Å². The Bertz CT molecular complexity index is 559. The van der Waals surface area contributed by atoms with Gasteiger partial charge in [-0.05, 0) is 12.1 Å². The highest BCUT2D eigenvalue weighted by atomic mass is 35.5. The maximum Gasteiger partial charge on any atom is 0.326 e. The quantitative estimate of drug-likeness (QED) is 0.797. The van der Waals surface area contributed by atoms with Crippen molar-refractivity contribution in [2.24, 2.45) is 0 Å². The number of hydrogen-bond acceptors (Lipinski definition) is 4. The predicted octanol–water partition coefficient (Wildman–Crippen LogP) is 1.93. The number of methoxy groups -OCH3 is 1. The molecule has 0 aromatic heterocycles. The summed E-state index contributed by atoms with van der Waals surface area (Å²) in [6.07, 6.45) is 0.965. The van der Waals surface area contributed by atoms with Crippen LogP contribution in [0.4, 0.5) is 5.69 Å². The standard InChI is InChI=1S/C10H11Cl2NO4S/c1-17-9(14)6-13(18(2,15)16)8-5-3-4-7(11)10(8)12/h3-5H,6H2,1-2H3. The van der Waals surface area contributed by atoms with Crippen LogP contribution < -0.4 is 4.31 Å². The number of carbonyl (C=O) groups is 1. The van der Waals surface area contributed by atoms with Crippen molar-refractivity contribution in [3.8, 4) is 0 Å². The molecule has 0 saturated carbocycles. The first-order valence-corrected chi connectivity index (χ1v) is 7.36. The summed E-state index contributed by atoms with van der Waals surface area (Å²) in [4.78, 5) is 11.2. The normalized spacial score (nSPS) is 11.1. The van der Waals surface area contributed by atoms with Crippen LogP contribution in [0.3, 0.4) is 0 Å². The average Bonchev–Trinajstić information content (AvgIpc) is 2.28. The molecule has 0 fully saturated rings. The molecule has 0 spiro atoms. The molecule has 0 atom stereocenters. The molecule has 0 amide bonds. The average molecular weight is 312 g/mol. The number of benzene rings is 1. The maximum atomic E-state index is 11.7. The highest BCUT2D eigenvalue weighted by Crippen LogP contribution is 2.33. The Hall–Kier alpha value is -0.980. The van der Waals surface area contributed by atoms with Gasteiger partial charge in [0.1, 0.15) is 6.54 Å². The van der Waals surface area contributed by atoms with Gasteiger partial charge in [0.05, 0.1) is 29.1 Å². The zero-order valence-corrected chi connectivity index (χ0v) is 12.0. The smallest absolute Gasteiger partial charge is 0.326 e. The minimum Gasteiger partial charge on any atom is -0.468 e. The Labute approximate surface area is 115 Å². The molecule has 1 aromatic carbocycles. The Morgan fingerprint density at radius 3 is 2.50 bits per heavy atom. The highest BCUT2D eigenvalue weighted by molar-refractivity contribution is 7.92. The lowest BCUT2D eigenvalue weighted by Crippen LogP contribution is -2.35. The van der Waals surface area contributed by atoms with E-state index in [0.717, 1.165) is 10.6 Å². The van der Waals surface area contributed by atoms with Gasteiger partial charge in [-0.25, -0.2) is 8.42 Å². The molecule has 0 radical (unpaired) electrons. The van der Waals surface area contributed by atoms with Crippen LogP contribution in [-0.4, -0.2) is 34.3 Å². The minimum atomic E-state index is -3.67. The number of ether oxygens (including phenoxy) is 1. The summed E-state index contributed by atoms with van der Waals surface area (Å²) < 4.78 is 28.6. The minimum absolute atomic E-state index is 0.0634. The lowest BCUT2D eigenvalue weighted by atomic mass is 10.3. The van der Waals surface area contributed by atoms with Gasteiger partial charge in [-0.1, -0.05) is 29.3 Å². The largest absolute Gasteiger partial charge is 0.468 e. The molecule has 0 aliphatic heterocycles. The Balaban J connectivity index is 3.27. The number of rotatable bonds is 4. The van der Waals surface area contributed by atoms with Crippen molar-refractivity contribution < 1.29 is 17.9 Å². The van der Waals surface area contributed by atoms with E-state index < -0.39 is 22.5 Å². The van der Waals surface area contributed by atoms with Crippen molar-refractivity contribution in [1.82, 2.24) is 0 Å². The molecule has 8 heteroatoms. The Morgan fingerprint density at radius 2 is 2.00 bits per heavy atom. The van der Waals surface area contributed by atoms with Gasteiger partial charge in [0.25, 0.3) is 0 Å². The van der Waals surface area contributed by atoms with Crippen LogP contribution in [0.1, 0.15) is 0 Å². The van der Waals surface area contributed by atoms with E-state index in [-0.39, 0.29) is 15.7 Å². The molecule has 100 valence electrons. The van der Waals surface area contributed by atoms with Crippen LogP contribution in [0.5, 0.6) is 0 Å². The van der Waals surface area contributed by atoms with Gasteiger partial charge >= 0.3 is 5.97 Å². The molecule has 0 aliphatic carbocycles. The van der Waals surface area contributed by atoms with E-state index in [4.69, 9.17) is 23.2 Å². The Kier molecular flexibility index (Phi) is 4.84. The van der Waals surface area contributed by atoms with Crippen LogP contribution in [0.25, 0.3) is 0 Å². The summed E-state index contributed by atoms with van der Waals surface area (Å²) >= 11 is 11.7. The van der Waals surface area contributed by atoms with Crippen LogP contribution in [-0.2, 0) is 19.6 Å². The topological polar surface area (TPSA) is 63.7 Å². The SMILES string of the molecule is COC(=O)CN(c1cccc(Cl)c1Cl)S(C)(=O)=O. The van der Waals surface area contributed by atoms with Crippen molar-refractivity contribution in [2.45, 2.75) is 0 Å². The molecule has 18 heavy (non-hydrogen) atoms. The summed E-state index contributed by atoms with van der Waals surface area (Å²) in [6, 6.07) is 4.52. The zero-order valence-electron chi connectivity index (χ0n) is 9.68.